The average molecular weight is 224 g/mol. The Morgan fingerprint density at radius 3 is 1.60 bits per heavy atom. The van der Waals surface area contributed by atoms with Crippen molar-refractivity contribution >= 4 is 0 Å². The molecule has 0 radical (unpaired) electrons. The lowest BCUT2D eigenvalue weighted by Crippen LogP contribution is -2.26. The molecule has 1 saturated heterocycles. The molecule has 0 aromatic carbocycles. The standard InChI is InChI=1S/C5H10O3.C4H10O3/c6-1-5-2-7-4-8-3-5;5-1-4(2-6)3-7/h5-6H,1-4H2;4-7H,1-3H2. The van der Waals surface area contributed by atoms with Crippen molar-refractivity contribution in [1.82, 2.24) is 0 Å². The molecule has 15 heavy (non-hydrogen) atoms. The maximum atomic E-state index is 8.53. The summed E-state index contributed by atoms with van der Waals surface area (Å²) in [7, 11) is 0. The molecule has 0 aromatic heterocycles. The number of rotatable bonds is 4. The quantitative estimate of drug-likeness (QED) is 0.449. The third-order valence-corrected chi connectivity index (χ3v) is 1.91. The molecule has 1 aliphatic heterocycles. The first-order valence-electron chi connectivity index (χ1n) is 4.87. The van der Waals surface area contributed by atoms with Gasteiger partial charge >= 0.3 is 0 Å². The van der Waals surface area contributed by atoms with E-state index in [1.807, 2.05) is 0 Å². The summed E-state index contributed by atoms with van der Waals surface area (Å²) in [6, 6.07) is 0. The van der Waals surface area contributed by atoms with Crippen molar-refractivity contribution in [3.63, 3.8) is 0 Å². The first-order chi connectivity index (χ1) is 7.28. The lowest BCUT2D eigenvalue weighted by Gasteiger charge is -2.19. The van der Waals surface area contributed by atoms with Crippen LogP contribution in [0.3, 0.4) is 0 Å². The first-order valence-corrected chi connectivity index (χ1v) is 4.87. The fourth-order valence-corrected chi connectivity index (χ4v) is 0.815. The Morgan fingerprint density at radius 1 is 0.933 bits per heavy atom. The van der Waals surface area contributed by atoms with Gasteiger partial charge in [-0.25, -0.2) is 0 Å². The lowest BCUT2D eigenvalue weighted by molar-refractivity contribution is -0.133. The van der Waals surface area contributed by atoms with E-state index in [9.17, 15) is 0 Å². The smallest absolute Gasteiger partial charge is 0.146 e. The third-order valence-electron chi connectivity index (χ3n) is 1.91. The van der Waals surface area contributed by atoms with Gasteiger partial charge in [0, 0.05) is 11.8 Å². The van der Waals surface area contributed by atoms with Crippen LogP contribution in [0.15, 0.2) is 0 Å². The molecule has 0 aromatic rings. The predicted molar refractivity (Wildman–Crippen MR) is 52.1 cm³/mol. The second-order valence-corrected chi connectivity index (χ2v) is 3.32. The molecule has 6 nitrogen and oxygen atoms in total. The summed E-state index contributed by atoms with van der Waals surface area (Å²) in [5.74, 6) is -0.149. The molecule has 1 heterocycles. The Hall–Kier alpha value is -0.240. The highest BCUT2D eigenvalue weighted by Gasteiger charge is 2.11. The number of hydrogen-bond acceptors (Lipinski definition) is 6. The fourth-order valence-electron chi connectivity index (χ4n) is 0.815. The summed E-state index contributed by atoms with van der Waals surface area (Å²) in [6.45, 7) is 1.39. The molecule has 0 spiro atoms. The van der Waals surface area contributed by atoms with Crippen LogP contribution in [0.25, 0.3) is 0 Å². The second-order valence-electron chi connectivity index (χ2n) is 3.32. The van der Waals surface area contributed by atoms with E-state index in [4.69, 9.17) is 29.9 Å². The Kier molecular flexibility index (Phi) is 10.1. The molecule has 1 fully saturated rings. The second kappa shape index (κ2) is 10.3. The zero-order chi connectivity index (χ0) is 11.5. The highest BCUT2D eigenvalue weighted by Crippen LogP contribution is 2.02. The van der Waals surface area contributed by atoms with E-state index in [2.05, 4.69) is 0 Å². The molecule has 0 bridgehead atoms. The minimum atomic E-state index is -0.347. The highest BCUT2D eigenvalue weighted by molar-refractivity contribution is 4.55. The van der Waals surface area contributed by atoms with Crippen LogP contribution in [0.1, 0.15) is 0 Å². The topological polar surface area (TPSA) is 99.4 Å². The maximum absolute atomic E-state index is 8.53. The molecule has 0 atom stereocenters. The molecule has 0 amide bonds. The molecule has 1 aliphatic rings. The van der Waals surface area contributed by atoms with Gasteiger partial charge in [-0.2, -0.15) is 0 Å². The molecule has 0 unspecified atom stereocenters. The Balaban J connectivity index is 0.000000265. The summed E-state index contributed by atoms with van der Waals surface area (Å²) in [4.78, 5) is 0. The Morgan fingerprint density at radius 2 is 1.40 bits per heavy atom. The van der Waals surface area contributed by atoms with Gasteiger partial charge in [-0.15, -0.1) is 0 Å². The third kappa shape index (κ3) is 7.66. The highest BCUT2D eigenvalue weighted by atomic mass is 16.7. The zero-order valence-electron chi connectivity index (χ0n) is 8.71. The Bertz CT molecular complexity index is 116. The summed E-state index contributed by atoms with van der Waals surface area (Å²) < 4.78 is 9.78. The van der Waals surface area contributed by atoms with E-state index in [0.29, 0.717) is 20.0 Å². The van der Waals surface area contributed by atoms with E-state index < -0.39 is 0 Å². The van der Waals surface area contributed by atoms with Crippen molar-refractivity contribution < 1.29 is 29.9 Å². The van der Waals surface area contributed by atoms with Crippen LogP contribution in [-0.4, -0.2) is 66.9 Å². The number of aliphatic hydroxyl groups excluding tert-OH is 4. The van der Waals surface area contributed by atoms with Gasteiger partial charge in [-0.3, -0.25) is 0 Å². The van der Waals surface area contributed by atoms with E-state index in [1.165, 1.54) is 0 Å². The Labute approximate surface area is 89.1 Å². The van der Waals surface area contributed by atoms with Crippen LogP contribution in [0, 0.1) is 11.8 Å². The van der Waals surface area contributed by atoms with Gasteiger partial charge in [0.15, 0.2) is 0 Å². The first kappa shape index (κ1) is 14.8. The van der Waals surface area contributed by atoms with Crippen molar-refractivity contribution in [1.29, 1.82) is 0 Å². The normalized spacial score (nSPS) is 17.4. The van der Waals surface area contributed by atoms with Crippen LogP contribution >= 0.6 is 0 Å². The van der Waals surface area contributed by atoms with Gasteiger partial charge < -0.3 is 29.9 Å². The summed E-state index contributed by atoms with van der Waals surface area (Å²) in [5.41, 5.74) is 0. The largest absolute Gasteiger partial charge is 0.396 e. The molecular weight excluding hydrogens is 204 g/mol. The SMILES string of the molecule is OCC(CO)CO.OCC1COCOC1. The number of aliphatic hydroxyl groups is 4. The van der Waals surface area contributed by atoms with Crippen LogP contribution < -0.4 is 0 Å². The summed E-state index contributed by atoms with van der Waals surface area (Å²) in [6.07, 6.45) is 0. The summed E-state index contributed by atoms with van der Waals surface area (Å²) >= 11 is 0. The number of hydrogen-bond donors (Lipinski definition) is 4. The molecule has 1 rings (SSSR count). The van der Waals surface area contributed by atoms with Gasteiger partial charge in [0.2, 0.25) is 0 Å². The van der Waals surface area contributed by atoms with Gasteiger partial charge in [0.05, 0.1) is 39.6 Å². The average Bonchev–Trinajstić information content (AvgIpc) is 2.33. The van der Waals surface area contributed by atoms with Crippen molar-refractivity contribution in [3.05, 3.63) is 0 Å². The zero-order valence-corrected chi connectivity index (χ0v) is 8.71. The predicted octanol–water partition coefficient (Wildman–Crippen LogP) is -1.82. The van der Waals surface area contributed by atoms with E-state index in [-0.39, 0.29) is 38.3 Å². The maximum Gasteiger partial charge on any atom is 0.146 e. The van der Waals surface area contributed by atoms with Crippen molar-refractivity contribution in [2.24, 2.45) is 11.8 Å². The van der Waals surface area contributed by atoms with Crippen LogP contribution in [0.5, 0.6) is 0 Å². The van der Waals surface area contributed by atoms with Crippen molar-refractivity contribution in [2.75, 3.05) is 46.4 Å². The minimum absolute atomic E-state index is 0.146. The van der Waals surface area contributed by atoms with Crippen LogP contribution in [0.2, 0.25) is 0 Å². The van der Waals surface area contributed by atoms with E-state index in [1.54, 1.807) is 0 Å². The molecule has 0 saturated carbocycles. The molecule has 6 heteroatoms. The minimum Gasteiger partial charge on any atom is -0.396 e. The molecule has 0 aliphatic carbocycles. The van der Waals surface area contributed by atoms with Gasteiger partial charge in [0.1, 0.15) is 6.79 Å². The molecule has 92 valence electrons. The number of ether oxygens (including phenoxy) is 2. The van der Waals surface area contributed by atoms with Crippen LogP contribution in [0.4, 0.5) is 0 Å². The van der Waals surface area contributed by atoms with E-state index >= 15 is 0 Å². The van der Waals surface area contributed by atoms with Crippen molar-refractivity contribution in [2.45, 2.75) is 0 Å². The monoisotopic (exact) mass is 224 g/mol. The molecular formula is C9H20O6. The van der Waals surface area contributed by atoms with Crippen molar-refractivity contribution in [3.8, 4) is 0 Å². The van der Waals surface area contributed by atoms with Gasteiger partial charge in [-0.05, 0) is 0 Å². The van der Waals surface area contributed by atoms with Crippen LogP contribution in [-0.2, 0) is 9.47 Å². The molecule has 4 N–H and O–H groups in total. The summed E-state index contributed by atoms with van der Waals surface area (Å²) in [5, 5.41) is 33.1. The fraction of sp³-hybridized carbons (Fsp3) is 1.00. The lowest BCUT2D eigenvalue weighted by atomic mass is 10.2. The van der Waals surface area contributed by atoms with Gasteiger partial charge in [0.25, 0.3) is 0 Å². The van der Waals surface area contributed by atoms with E-state index in [0.717, 1.165) is 0 Å². The van der Waals surface area contributed by atoms with Gasteiger partial charge in [-0.1, -0.05) is 0 Å².